The second-order valence-corrected chi connectivity index (χ2v) is 0.183. The van der Waals surface area contributed by atoms with Crippen LogP contribution >= 0.6 is 0 Å². The molecule has 0 aliphatic heterocycles. The van der Waals surface area contributed by atoms with Gasteiger partial charge >= 0.3 is 23.1 Å². The van der Waals surface area contributed by atoms with Crippen LogP contribution in [0.25, 0.3) is 0 Å². The van der Waals surface area contributed by atoms with Crippen LogP contribution in [-0.2, 0) is 0 Å². The fraction of sp³-hybridized carbons (Fsp3) is 0. The topological polar surface area (TPSA) is 20.2 Å². The van der Waals surface area contributed by atoms with E-state index >= 15 is 0 Å². The average molecular weight is 70.4 g/mol. The smallest absolute Gasteiger partial charge is 1.00 e. The summed E-state index contributed by atoms with van der Waals surface area (Å²) in [7, 11) is 0. The third-order valence-electron chi connectivity index (χ3n) is 0. The van der Waals surface area contributed by atoms with E-state index in [4.69, 9.17) is 5.11 Å². The number of rotatable bonds is 0. The van der Waals surface area contributed by atoms with Gasteiger partial charge in [0.25, 0.3) is 0 Å². The number of aliphatic hydroxyl groups excluding tert-OH is 1. The van der Waals surface area contributed by atoms with Gasteiger partial charge < -0.3 is 7.96 Å². The molecule has 0 aromatic rings. The normalized spacial score (nSPS) is 3.00. The Bertz CT molecular complexity index is 19.0. The minimum atomic E-state index is 0. The van der Waals surface area contributed by atoms with Gasteiger partial charge in [0.1, 0.15) is 0 Å². The summed E-state index contributed by atoms with van der Waals surface area (Å²) in [5.41, 5.74) is 0. The quantitative estimate of drug-likeness (QED) is 0.326. The van der Waals surface area contributed by atoms with E-state index < -0.39 is 0 Å². The van der Waals surface area contributed by atoms with Crippen molar-refractivity contribution in [3.63, 3.8) is 0 Å². The van der Waals surface area contributed by atoms with E-state index in [-0.39, 0.29) is 25.9 Å². The molecule has 0 aliphatic carbocycles. The number of hydrogen-bond donors (Lipinski definition) is 1. The molecule has 0 aliphatic rings. The molecule has 0 amide bonds. The summed E-state index contributed by atoms with van der Waals surface area (Å²) in [6.07, 6.45) is 0.750. The van der Waals surface area contributed by atoms with Crippen LogP contribution in [0.4, 0.5) is 0 Å². The van der Waals surface area contributed by atoms with Gasteiger partial charge in [-0.25, -0.2) is 0 Å². The summed E-state index contributed by atoms with van der Waals surface area (Å²) < 4.78 is 0. The van der Waals surface area contributed by atoms with Crippen molar-refractivity contribution >= 4 is 23.1 Å². The van der Waals surface area contributed by atoms with Crippen LogP contribution in [0.1, 0.15) is 2.85 Å². The molecule has 0 unspecified atom stereocenters. The Morgan fingerprint density at radius 2 is 2.00 bits per heavy atom. The predicted molar refractivity (Wildman–Crippen MR) is 20.8 cm³/mol. The third-order valence-corrected chi connectivity index (χ3v) is 0. The first kappa shape index (κ1) is 8.85. The van der Waals surface area contributed by atoms with Gasteiger partial charge in [0.05, 0.1) is 6.26 Å². The van der Waals surface area contributed by atoms with Gasteiger partial charge in [-0.15, -0.1) is 0 Å². The second kappa shape index (κ2) is 10.3. The SMILES string of the molecule is C=CO.[H-].[H-].[Mg+2]. The first-order valence-electron chi connectivity index (χ1n) is 0.666. The molecule has 0 rings (SSSR count). The Labute approximate surface area is 44.4 Å². The van der Waals surface area contributed by atoms with Gasteiger partial charge in [-0.2, -0.15) is 0 Å². The van der Waals surface area contributed by atoms with Crippen LogP contribution in [0, 0.1) is 0 Å². The van der Waals surface area contributed by atoms with E-state index in [1.807, 2.05) is 0 Å². The molecule has 0 saturated heterocycles. The molecule has 22 valence electrons. The van der Waals surface area contributed by atoms with Crippen molar-refractivity contribution in [2.24, 2.45) is 0 Å². The number of hydrogen-bond acceptors (Lipinski definition) is 1. The van der Waals surface area contributed by atoms with E-state index in [0.717, 1.165) is 6.26 Å². The Morgan fingerprint density at radius 3 is 2.00 bits per heavy atom. The molecule has 0 saturated carbocycles. The molecule has 0 atom stereocenters. The number of aliphatic hydroxyl groups is 1. The van der Waals surface area contributed by atoms with Gasteiger partial charge in [0.15, 0.2) is 0 Å². The van der Waals surface area contributed by atoms with Gasteiger partial charge in [-0.3, -0.25) is 0 Å². The third kappa shape index (κ3) is 42.0. The zero-order chi connectivity index (χ0) is 2.71. The first-order chi connectivity index (χ1) is 1.41. The average Bonchev–Trinajstić information content (AvgIpc) is 0.918. The zero-order valence-electron chi connectivity index (χ0n) is 4.44. The van der Waals surface area contributed by atoms with Crippen molar-refractivity contribution in [1.82, 2.24) is 0 Å². The maximum absolute atomic E-state index is 7.33. The van der Waals surface area contributed by atoms with Crippen LogP contribution in [0.5, 0.6) is 0 Å². The van der Waals surface area contributed by atoms with E-state index in [1.165, 1.54) is 0 Å². The summed E-state index contributed by atoms with van der Waals surface area (Å²) in [4.78, 5) is 0. The van der Waals surface area contributed by atoms with Crippen LogP contribution in [0.3, 0.4) is 0 Å². The van der Waals surface area contributed by atoms with Crippen molar-refractivity contribution in [3.8, 4) is 0 Å². The molecule has 2 heteroatoms. The minimum absolute atomic E-state index is 0. The molecule has 0 aromatic carbocycles. The molecule has 0 bridgehead atoms. The Kier molecular flexibility index (Phi) is 22.8. The van der Waals surface area contributed by atoms with Crippen molar-refractivity contribution in [1.29, 1.82) is 0 Å². The Balaban J connectivity index is -0.00000000667. The summed E-state index contributed by atoms with van der Waals surface area (Å²) in [6, 6.07) is 0. The molecule has 0 heterocycles. The van der Waals surface area contributed by atoms with Crippen LogP contribution < -0.4 is 0 Å². The standard InChI is InChI=1S/C2H4O.Mg.2H/c1-2-3;;;/h2-3H,1H2;;;/q;+2;2*-1. The minimum Gasteiger partial charge on any atom is -1.00 e. The van der Waals surface area contributed by atoms with E-state index in [1.54, 1.807) is 0 Å². The first-order valence-corrected chi connectivity index (χ1v) is 0.666. The molecule has 0 fully saturated rings. The van der Waals surface area contributed by atoms with Crippen molar-refractivity contribution < 1.29 is 7.96 Å². The molecular formula is C2H6MgO. The Morgan fingerprint density at radius 1 is 2.00 bits per heavy atom. The summed E-state index contributed by atoms with van der Waals surface area (Å²) in [5.74, 6) is 0. The molecule has 1 nitrogen and oxygen atoms in total. The summed E-state index contributed by atoms with van der Waals surface area (Å²) >= 11 is 0. The van der Waals surface area contributed by atoms with E-state index in [0.29, 0.717) is 0 Å². The van der Waals surface area contributed by atoms with Gasteiger partial charge in [0, 0.05) is 0 Å². The van der Waals surface area contributed by atoms with Gasteiger partial charge in [0.2, 0.25) is 0 Å². The fourth-order valence-corrected chi connectivity index (χ4v) is 0. The van der Waals surface area contributed by atoms with Crippen LogP contribution in [0.15, 0.2) is 12.8 Å². The second-order valence-electron chi connectivity index (χ2n) is 0.183. The molecule has 0 spiro atoms. The van der Waals surface area contributed by atoms with Gasteiger partial charge in [-0.1, -0.05) is 6.58 Å². The van der Waals surface area contributed by atoms with E-state index in [9.17, 15) is 0 Å². The van der Waals surface area contributed by atoms with E-state index in [2.05, 4.69) is 6.58 Å². The fourth-order valence-electron chi connectivity index (χ4n) is 0. The largest absolute Gasteiger partial charge is 2.00 e. The molecule has 0 radical (unpaired) electrons. The molecule has 4 heavy (non-hydrogen) atoms. The van der Waals surface area contributed by atoms with Crippen LogP contribution in [0.2, 0.25) is 0 Å². The van der Waals surface area contributed by atoms with Crippen LogP contribution in [-0.4, -0.2) is 28.2 Å². The molecule has 0 aromatic heterocycles. The summed E-state index contributed by atoms with van der Waals surface area (Å²) in [5, 5.41) is 7.33. The monoisotopic (exact) mass is 70.0 g/mol. The molecular weight excluding hydrogens is 64.3 g/mol. The van der Waals surface area contributed by atoms with Gasteiger partial charge in [-0.05, 0) is 0 Å². The maximum Gasteiger partial charge on any atom is 2.00 e. The van der Waals surface area contributed by atoms with Crippen molar-refractivity contribution in [3.05, 3.63) is 12.8 Å². The van der Waals surface area contributed by atoms with Crippen molar-refractivity contribution in [2.75, 3.05) is 0 Å². The maximum atomic E-state index is 7.33. The Hall–Kier alpha value is 0.306. The molecule has 1 N–H and O–H groups in total. The van der Waals surface area contributed by atoms with Crippen molar-refractivity contribution in [2.45, 2.75) is 0 Å². The summed E-state index contributed by atoms with van der Waals surface area (Å²) in [6.45, 7) is 2.92. The predicted octanol–water partition coefficient (Wildman–Crippen LogP) is 0.532. The zero-order valence-corrected chi connectivity index (χ0v) is 3.85.